The van der Waals surface area contributed by atoms with Gasteiger partial charge in [0.05, 0.1) is 13.5 Å². The summed E-state index contributed by atoms with van der Waals surface area (Å²) in [5.41, 5.74) is 0.919. The van der Waals surface area contributed by atoms with Crippen molar-refractivity contribution in [3.8, 4) is 17.6 Å². The number of carbonyl (C=O) groups excluding carboxylic acids is 1. The molecule has 0 atom stereocenters. The molecule has 78 valence electrons. The monoisotopic (exact) mass is 202 g/mol. The Kier molecular flexibility index (Phi) is 4.43. The van der Waals surface area contributed by atoms with Crippen molar-refractivity contribution < 1.29 is 9.53 Å². The minimum absolute atomic E-state index is 0.119. The molecule has 0 bridgehead atoms. The maximum Gasteiger partial charge on any atom is 0.149 e. The van der Waals surface area contributed by atoms with E-state index < -0.39 is 0 Å². The standard InChI is InChI=1S/C13H14O2/c1-3-4-8-12(14)10-11-7-5-6-9-13(11)15-2/h5-7,9H,8,10H2,1-2H3. The van der Waals surface area contributed by atoms with E-state index in [1.165, 1.54) is 0 Å². The molecule has 0 saturated heterocycles. The smallest absolute Gasteiger partial charge is 0.149 e. The molecule has 1 rings (SSSR count). The average molecular weight is 202 g/mol. The van der Waals surface area contributed by atoms with Gasteiger partial charge in [-0.1, -0.05) is 24.1 Å². The lowest BCUT2D eigenvalue weighted by molar-refractivity contribution is -0.117. The number of carbonyl (C=O) groups is 1. The highest BCUT2D eigenvalue weighted by molar-refractivity contribution is 5.83. The predicted molar refractivity (Wildman–Crippen MR) is 59.8 cm³/mol. The van der Waals surface area contributed by atoms with Crippen molar-refractivity contribution >= 4 is 5.78 Å². The van der Waals surface area contributed by atoms with Gasteiger partial charge in [0, 0.05) is 12.0 Å². The molecule has 0 aliphatic carbocycles. The maximum atomic E-state index is 11.5. The normalized spacial score (nSPS) is 8.93. The molecule has 0 radical (unpaired) electrons. The van der Waals surface area contributed by atoms with Gasteiger partial charge in [-0.05, 0) is 13.0 Å². The molecular formula is C13H14O2. The Morgan fingerprint density at radius 1 is 1.40 bits per heavy atom. The van der Waals surface area contributed by atoms with Crippen LogP contribution in [0, 0.1) is 11.8 Å². The second kappa shape index (κ2) is 5.87. The van der Waals surface area contributed by atoms with E-state index in [-0.39, 0.29) is 5.78 Å². The first kappa shape index (κ1) is 11.3. The van der Waals surface area contributed by atoms with Crippen molar-refractivity contribution in [2.75, 3.05) is 7.11 Å². The Balaban J connectivity index is 2.70. The topological polar surface area (TPSA) is 26.3 Å². The van der Waals surface area contributed by atoms with Gasteiger partial charge in [-0.25, -0.2) is 0 Å². The number of hydrogen-bond donors (Lipinski definition) is 0. The van der Waals surface area contributed by atoms with Gasteiger partial charge in [0.25, 0.3) is 0 Å². The first-order valence-corrected chi connectivity index (χ1v) is 4.81. The summed E-state index contributed by atoms with van der Waals surface area (Å²) in [6.07, 6.45) is 0.702. The molecule has 0 aliphatic heterocycles. The van der Waals surface area contributed by atoms with E-state index in [0.29, 0.717) is 12.8 Å². The number of benzene rings is 1. The molecule has 0 aliphatic rings. The van der Waals surface area contributed by atoms with Crippen LogP contribution < -0.4 is 4.74 Å². The Labute approximate surface area is 90.3 Å². The molecule has 1 aromatic carbocycles. The van der Waals surface area contributed by atoms with Gasteiger partial charge < -0.3 is 4.74 Å². The van der Waals surface area contributed by atoms with Crippen LogP contribution in [0.5, 0.6) is 5.75 Å². The van der Waals surface area contributed by atoms with Crippen LogP contribution in [0.1, 0.15) is 18.9 Å². The summed E-state index contributed by atoms with van der Waals surface area (Å²) < 4.78 is 5.16. The van der Waals surface area contributed by atoms with Crippen molar-refractivity contribution in [2.45, 2.75) is 19.8 Å². The summed E-state index contributed by atoms with van der Waals surface area (Å²) in [6.45, 7) is 1.73. The third kappa shape index (κ3) is 3.47. The zero-order chi connectivity index (χ0) is 11.1. The highest BCUT2D eigenvalue weighted by Gasteiger charge is 2.06. The number of ketones is 1. The lowest BCUT2D eigenvalue weighted by Gasteiger charge is -2.05. The minimum atomic E-state index is 0.119. The van der Waals surface area contributed by atoms with E-state index in [4.69, 9.17) is 4.74 Å². The Morgan fingerprint density at radius 2 is 2.13 bits per heavy atom. The molecule has 0 saturated carbocycles. The Bertz CT molecular complexity index is 396. The lowest BCUT2D eigenvalue weighted by atomic mass is 10.1. The molecule has 2 heteroatoms. The molecule has 0 unspecified atom stereocenters. The Hall–Kier alpha value is -1.75. The molecule has 0 fully saturated rings. The summed E-state index contributed by atoms with van der Waals surface area (Å²) in [5, 5.41) is 0. The number of para-hydroxylation sites is 1. The van der Waals surface area contributed by atoms with Crippen LogP contribution in [0.3, 0.4) is 0 Å². The first-order valence-electron chi connectivity index (χ1n) is 4.81. The van der Waals surface area contributed by atoms with Crippen LogP contribution >= 0.6 is 0 Å². The number of ether oxygens (including phenoxy) is 1. The highest BCUT2D eigenvalue weighted by atomic mass is 16.5. The van der Waals surface area contributed by atoms with E-state index in [1.807, 2.05) is 24.3 Å². The number of hydrogen-bond acceptors (Lipinski definition) is 2. The van der Waals surface area contributed by atoms with Crippen molar-refractivity contribution in [1.29, 1.82) is 0 Å². The zero-order valence-corrected chi connectivity index (χ0v) is 9.04. The molecule has 2 nitrogen and oxygen atoms in total. The SMILES string of the molecule is CC#CCC(=O)Cc1ccccc1OC. The molecule has 0 amide bonds. The summed E-state index contributed by atoms with van der Waals surface area (Å²) >= 11 is 0. The van der Waals surface area contributed by atoms with E-state index in [2.05, 4.69) is 11.8 Å². The zero-order valence-electron chi connectivity index (χ0n) is 9.04. The quantitative estimate of drug-likeness (QED) is 0.700. The first-order chi connectivity index (χ1) is 7.27. The summed E-state index contributed by atoms with van der Waals surface area (Å²) in [5.74, 6) is 6.36. The fourth-order valence-electron chi connectivity index (χ4n) is 1.31. The molecule has 15 heavy (non-hydrogen) atoms. The van der Waals surface area contributed by atoms with Crippen LogP contribution in [0.4, 0.5) is 0 Å². The van der Waals surface area contributed by atoms with E-state index in [1.54, 1.807) is 14.0 Å². The second-order valence-corrected chi connectivity index (χ2v) is 3.13. The number of Topliss-reactive ketones (excluding diaryl/α,β-unsaturated/α-hetero) is 1. The van der Waals surface area contributed by atoms with Crippen molar-refractivity contribution in [1.82, 2.24) is 0 Å². The maximum absolute atomic E-state index is 11.5. The van der Waals surface area contributed by atoms with Crippen LogP contribution in [-0.4, -0.2) is 12.9 Å². The number of methoxy groups -OCH3 is 1. The van der Waals surface area contributed by atoms with Gasteiger partial charge in [-0.3, -0.25) is 4.79 Å². The van der Waals surface area contributed by atoms with Gasteiger partial charge >= 0.3 is 0 Å². The third-order valence-electron chi connectivity index (χ3n) is 2.04. The Morgan fingerprint density at radius 3 is 2.80 bits per heavy atom. The van der Waals surface area contributed by atoms with Crippen molar-refractivity contribution in [3.05, 3.63) is 29.8 Å². The number of rotatable bonds is 4. The largest absolute Gasteiger partial charge is 0.496 e. The lowest BCUT2D eigenvalue weighted by Crippen LogP contribution is -2.02. The van der Waals surface area contributed by atoms with Gasteiger partial charge in [0.2, 0.25) is 0 Å². The van der Waals surface area contributed by atoms with Crippen molar-refractivity contribution in [3.63, 3.8) is 0 Å². The van der Waals surface area contributed by atoms with Crippen LogP contribution in [0.15, 0.2) is 24.3 Å². The summed E-state index contributed by atoms with van der Waals surface area (Å²) in [7, 11) is 1.61. The molecule has 0 N–H and O–H groups in total. The van der Waals surface area contributed by atoms with E-state index in [0.717, 1.165) is 11.3 Å². The molecule has 0 heterocycles. The highest BCUT2D eigenvalue weighted by Crippen LogP contribution is 2.18. The third-order valence-corrected chi connectivity index (χ3v) is 2.04. The molecule has 0 spiro atoms. The summed E-state index contributed by atoms with van der Waals surface area (Å²) in [6, 6.07) is 7.54. The van der Waals surface area contributed by atoms with Gasteiger partial charge in [-0.2, -0.15) is 0 Å². The predicted octanol–water partition coefficient (Wildman–Crippen LogP) is 2.22. The minimum Gasteiger partial charge on any atom is -0.496 e. The molecule has 0 aromatic heterocycles. The van der Waals surface area contributed by atoms with Crippen LogP contribution in [0.25, 0.3) is 0 Å². The summed E-state index contributed by atoms with van der Waals surface area (Å²) in [4.78, 5) is 11.5. The van der Waals surface area contributed by atoms with Crippen molar-refractivity contribution in [2.24, 2.45) is 0 Å². The second-order valence-electron chi connectivity index (χ2n) is 3.13. The van der Waals surface area contributed by atoms with E-state index in [9.17, 15) is 4.79 Å². The molecular weight excluding hydrogens is 188 g/mol. The van der Waals surface area contributed by atoms with Gasteiger partial charge in [0.15, 0.2) is 0 Å². The van der Waals surface area contributed by atoms with E-state index >= 15 is 0 Å². The van der Waals surface area contributed by atoms with Crippen LogP contribution in [0.2, 0.25) is 0 Å². The van der Waals surface area contributed by atoms with Gasteiger partial charge in [0.1, 0.15) is 11.5 Å². The van der Waals surface area contributed by atoms with Crippen LogP contribution in [-0.2, 0) is 11.2 Å². The average Bonchev–Trinajstić information content (AvgIpc) is 2.27. The molecule has 1 aromatic rings. The van der Waals surface area contributed by atoms with Gasteiger partial charge in [-0.15, -0.1) is 5.92 Å². The fourth-order valence-corrected chi connectivity index (χ4v) is 1.31. The fraction of sp³-hybridized carbons (Fsp3) is 0.308.